The molecule has 2 rings (SSSR count). The Morgan fingerprint density at radius 1 is 1.29 bits per heavy atom. The number of rotatable bonds is 3. The molecule has 0 saturated carbocycles. The van der Waals surface area contributed by atoms with Gasteiger partial charge in [-0.05, 0) is 11.8 Å². The monoisotopic (exact) mass is 221 g/mol. The van der Waals surface area contributed by atoms with Crippen LogP contribution in [0.25, 0.3) is 0 Å². The molecule has 0 radical (unpaired) electrons. The first-order valence-corrected chi connectivity index (χ1v) is 6.45. The molecule has 0 saturated heterocycles. The van der Waals surface area contributed by atoms with Crippen LogP contribution in [-0.2, 0) is 6.42 Å². The third-order valence-corrected chi connectivity index (χ3v) is 3.98. The second-order valence-corrected chi connectivity index (χ2v) is 5.16. The van der Waals surface area contributed by atoms with Crippen LogP contribution in [0.3, 0.4) is 0 Å². The zero-order valence-corrected chi connectivity index (χ0v) is 9.57. The van der Waals surface area contributed by atoms with Gasteiger partial charge in [0.05, 0.1) is 15.4 Å². The largest absolute Gasteiger partial charge is 0.248 e. The van der Waals surface area contributed by atoms with Crippen LogP contribution in [0.4, 0.5) is 0 Å². The second-order valence-electron chi connectivity index (χ2n) is 2.94. The van der Waals surface area contributed by atoms with Crippen molar-refractivity contribution in [3.8, 4) is 0 Å². The minimum atomic E-state index is 0.950. The lowest BCUT2D eigenvalue weighted by Crippen LogP contribution is -1.84. The fourth-order valence-corrected chi connectivity index (χ4v) is 2.70. The lowest BCUT2D eigenvalue weighted by Gasteiger charge is -1.95. The van der Waals surface area contributed by atoms with Gasteiger partial charge < -0.3 is 0 Å². The van der Waals surface area contributed by atoms with Crippen molar-refractivity contribution in [3.05, 3.63) is 47.1 Å². The molecule has 0 aliphatic rings. The topological polar surface area (TPSA) is 12.9 Å². The van der Waals surface area contributed by atoms with Crippen molar-refractivity contribution in [1.82, 2.24) is 4.98 Å². The van der Waals surface area contributed by atoms with Crippen molar-refractivity contribution >= 4 is 23.1 Å². The minimum Gasteiger partial charge on any atom is -0.248 e. The minimum absolute atomic E-state index is 0.950. The summed E-state index contributed by atoms with van der Waals surface area (Å²) in [5, 5.41) is 1.19. The molecule has 0 unspecified atom stereocenters. The molecule has 0 N–H and O–H groups in total. The summed E-state index contributed by atoms with van der Waals surface area (Å²) in [6.45, 7) is 0. The summed E-state index contributed by atoms with van der Waals surface area (Å²) in [6, 6.07) is 10.5. The summed E-state index contributed by atoms with van der Waals surface area (Å²) in [7, 11) is 0. The van der Waals surface area contributed by atoms with Crippen LogP contribution in [0.1, 0.15) is 10.6 Å². The third kappa shape index (κ3) is 2.36. The molecule has 72 valence electrons. The highest BCUT2D eigenvalue weighted by Gasteiger charge is 2.01. The van der Waals surface area contributed by atoms with Gasteiger partial charge in [-0.15, -0.1) is 23.1 Å². The molecule has 3 heteroatoms. The van der Waals surface area contributed by atoms with Gasteiger partial charge in [-0.3, -0.25) is 0 Å². The highest BCUT2D eigenvalue weighted by molar-refractivity contribution is 8.00. The molecule has 0 bridgehead atoms. The van der Waals surface area contributed by atoms with Crippen molar-refractivity contribution in [2.75, 3.05) is 6.26 Å². The Morgan fingerprint density at radius 2 is 2.07 bits per heavy atom. The van der Waals surface area contributed by atoms with Crippen LogP contribution >= 0.6 is 23.1 Å². The molecule has 1 nitrogen and oxygen atoms in total. The Bertz CT molecular complexity index is 395. The van der Waals surface area contributed by atoms with E-state index in [0.717, 1.165) is 6.42 Å². The summed E-state index contributed by atoms with van der Waals surface area (Å²) in [4.78, 5) is 4.38. The summed E-state index contributed by atoms with van der Waals surface area (Å²) < 4.78 is 1.29. The fraction of sp³-hybridized carbons (Fsp3) is 0.182. The number of nitrogens with zero attached hydrogens (tertiary/aromatic N) is 1. The quantitative estimate of drug-likeness (QED) is 0.736. The number of hydrogen-bond acceptors (Lipinski definition) is 3. The van der Waals surface area contributed by atoms with Gasteiger partial charge in [0, 0.05) is 6.42 Å². The Balaban J connectivity index is 2.11. The number of thioether (sulfide) groups is 1. The van der Waals surface area contributed by atoms with Crippen LogP contribution in [0, 0.1) is 0 Å². The van der Waals surface area contributed by atoms with Gasteiger partial charge in [0.25, 0.3) is 0 Å². The summed E-state index contributed by atoms with van der Waals surface area (Å²) >= 11 is 3.54. The van der Waals surface area contributed by atoms with E-state index in [1.165, 1.54) is 14.8 Å². The molecule has 0 amide bonds. The Hall–Kier alpha value is -0.800. The van der Waals surface area contributed by atoms with Crippen molar-refractivity contribution in [2.45, 2.75) is 10.6 Å². The maximum absolute atomic E-state index is 4.38. The molecular formula is C11H11NS2. The molecule has 0 aliphatic heterocycles. The Morgan fingerprint density at radius 3 is 2.71 bits per heavy atom. The van der Waals surface area contributed by atoms with Gasteiger partial charge >= 0.3 is 0 Å². The van der Waals surface area contributed by atoms with E-state index in [1.807, 2.05) is 12.3 Å². The highest BCUT2D eigenvalue weighted by Crippen LogP contribution is 2.24. The summed E-state index contributed by atoms with van der Waals surface area (Å²) in [5.41, 5.74) is 1.33. The maximum atomic E-state index is 4.38. The first kappa shape index (κ1) is 9.74. The normalized spacial score (nSPS) is 10.4. The van der Waals surface area contributed by atoms with E-state index in [9.17, 15) is 0 Å². The number of aromatic nitrogens is 1. The van der Waals surface area contributed by atoms with Gasteiger partial charge in [0.1, 0.15) is 0 Å². The predicted molar refractivity (Wildman–Crippen MR) is 63.1 cm³/mol. The maximum Gasteiger partial charge on any atom is 0.0980 e. The summed E-state index contributed by atoms with van der Waals surface area (Å²) in [6.07, 6.45) is 4.99. The number of benzene rings is 1. The van der Waals surface area contributed by atoms with E-state index in [4.69, 9.17) is 0 Å². The van der Waals surface area contributed by atoms with Gasteiger partial charge in [0.2, 0.25) is 0 Å². The zero-order valence-electron chi connectivity index (χ0n) is 7.93. The average molecular weight is 221 g/mol. The van der Waals surface area contributed by atoms with Gasteiger partial charge in [-0.2, -0.15) is 0 Å². The van der Waals surface area contributed by atoms with Gasteiger partial charge in [-0.1, -0.05) is 30.3 Å². The first-order chi connectivity index (χ1) is 6.88. The van der Waals surface area contributed by atoms with Crippen molar-refractivity contribution < 1.29 is 0 Å². The van der Waals surface area contributed by atoms with Crippen molar-refractivity contribution in [1.29, 1.82) is 0 Å². The van der Waals surface area contributed by atoms with Gasteiger partial charge in [-0.25, -0.2) is 4.98 Å². The average Bonchev–Trinajstić information content (AvgIpc) is 2.67. The SMILES string of the molecule is CSc1cnc(Cc2ccccc2)s1. The van der Waals surface area contributed by atoms with Crippen LogP contribution in [0.2, 0.25) is 0 Å². The molecule has 0 aliphatic carbocycles. The van der Waals surface area contributed by atoms with Gasteiger partial charge in [0.15, 0.2) is 0 Å². The van der Waals surface area contributed by atoms with Crippen LogP contribution < -0.4 is 0 Å². The van der Waals surface area contributed by atoms with E-state index >= 15 is 0 Å². The van der Waals surface area contributed by atoms with Crippen LogP contribution in [0.5, 0.6) is 0 Å². The predicted octanol–water partition coefficient (Wildman–Crippen LogP) is 3.46. The van der Waals surface area contributed by atoms with Crippen LogP contribution in [-0.4, -0.2) is 11.2 Å². The van der Waals surface area contributed by atoms with Crippen molar-refractivity contribution in [3.63, 3.8) is 0 Å². The molecule has 1 aromatic carbocycles. The van der Waals surface area contributed by atoms with E-state index < -0.39 is 0 Å². The smallest absolute Gasteiger partial charge is 0.0980 e. The first-order valence-electron chi connectivity index (χ1n) is 4.41. The van der Waals surface area contributed by atoms with E-state index in [0.29, 0.717) is 0 Å². The molecule has 1 aromatic heterocycles. The van der Waals surface area contributed by atoms with Crippen molar-refractivity contribution in [2.24, 2.45) is 0 Å². The Kier molecular flexibility index (Phi) is 3.22. The molecule has 1 heterocycles. The number of thiazole rings is 1. The molecule has 0 fully saturated rings. The fourth-order valence-electron chi connectivity index (χ4n) is 1.24. The lowest BCUT2D eigenvalue weighted by atomic mass is 10.2. The zero-order chi connectivity index (χ0) is 9.80. The lowest BCUT2D eigenvalue weighted by molar-refractivity contribution is 1.13. The Labute approximate surface area is 92.2 Å². The van der Waals surface area contributed by atoms with E-state index in [-0.39, 0.29) is 0 Å². The highest BCUT2D eigenvalue weighted by atomic mass is 32.2. The summed E-state index contributed by atoms with van der Waals surface area (Å²) in [5.74, 6) is 0. The third-order valence-electron chi connectivity index (χ3n) is 1.93. The number of hydrogen-bond donors (Lipinski definition) is 0. The van der Waals surface area contributed by atoms with Crippen LogP contribution in [0.15, 0.2) is 40.7 Å². The van der Waals surface area contributed by atoms with E-state index in [1.54, 1.807) is 23.1 Å². The second kappa shape index (κ2) is 4.62. The molecule has 0 atom stereocenters. The standard InChI is InChI=1S/C11H11NS2/c1-13-11-8-12-10(14-11)7-9-5-3-2-4-6-9/h2-6,8H,7H2,1H3. The molecular weight excluding hydrogens is 210 g/mol. The van der Waals surface area contributed by atoms with E-state index in [2.05, 4.69) is 35.5 Å². The molecule has 14 heavy (non-hydrogen) atoms. The molecule has 2 aromatic rings. The molecule has 0 spiro atoms.